The first-order valence-corrected chi connectivity index (χ1v) is 7.05. The highest BCUT2D eigenvalue weighted by molar-refractivity contribution is 6.35. The summed E-state index contributed by atoms with van der Waals surface area (Å²) >= 11 is 12.1. The van der Waals surface area contributed by atoms with Gasteiger partial charge in [0.1, 0.15) is 0 Å². The second-order valence-corrected chi connectivity index (χ2v) is 5.72. The van der Waals surface area contributed by atoms with E-state index < -0.39 is 0 Å². The van der Waals surface area contributed by atoms with Gasteiger partial charge in [-0.1, -0.05) is 29.3 Å². The second kappa shape index (κ2) is 6.25. The molecule has 2 atom stereocenters. The predicted molar refractivity (Wildman–Crippen MR) is 76.5 cm³/mol. The Labute approximate surface area is 119 Å². The molecule has 0 amide bonds. The van der Waals surface area contributed by atoms with E-state index in [0.717, 1.165) is 17.0 Å². The van der Waals surface area contributed by atoms with E-state index >= 15 is 0 Å². The van der Waals surface area contributed by atoms with Crippen LogP contribution < -0.4 is 5.32 Å². The fourth-order valence-electron chi connectivity index (χ4n) is 2.42. The molecule has 0 spiro atoms. The van der Waals surface area contributed by atoms with Gasteiger partial charge in [-0.25, -0.2) is 0 Å². The van der Waals surface area contributed by atoms with Crippen molar-refractivity contribution in [3.05, 3.63) is 33.8 Å². The summed E-state index contributed by atoms with van der Waals surface area (Å²) in [6.07, 6.45) is 3.67. The molecule has 0 bridgehead atoms. The zero-order valence-electron chi connectivity index (χ0n) is 10.7. The molecule has 2 unspecified atom stereocenters. The third-order valence-electron chi connectivity index (χ3n) is 3.58. The van der Waals surface area contributed by atoms with Gasteiger partial charge in [0.15, 0.2) is 0 Å². The third-order valence-corrected chi connectivity index (χ3v) is 4.17. The summed E-state index contributed by atoms with van der Waals surface area (Å²) in [6.45, 7) is 0. The quantitative estimate of drug-likeness (QED) is 0.864. The maximum atomic E-state index is 6.22. The van der Waals surface area contributed by atoms with Gasteiger partial charge in [0.05, 0.1) is 6.10 Å². The molecule has 0 saturated heterocycles. The normalized spacial score (nSPS) is 18.7. The molecule has 2 nitrogen and oxygen atoms in total. The van der Waals surface area contributed by atoms with E-state index in [2.05, 4.69) is 5.32 Å². The minimum absolute atomic E-state index is 0.266. The van der Waals surface area contributed by atoms with Crippen LogP contribution in [0.3, 0.4) is 0 Å². The number of hydrogen-bond acceptors (Lipinski definition) is 2. The Bertz CT molecular complexity index is 407. The molecule has 1 fully saturated rings. The Morgan fingerprint density at radius 2 is 2.11 bits per heavy atom. The van der Waals surface area contributed by atoms with Crippen LogP contribution in [0.1, 0.15) is 18.4 Å². The van der Waals surface area contributed by atoms with Crippen LogP contribution in [0.5, 0.6) is 0 Å². The lowest BCUT2D eigenvalue weighted by Crippen LogP contribution is -2.42. The lowest BCUT2D eigenvalue weighted by Gasteiger charge is -2.26. The average molecular weight is 288 g/mol. The van der Waals surface area contributed by atoms with E-state index in [0.29, 0.717) is 17.0 Å². The Morgan fingerprint density at radius 3 is 2.61 bits per heavy atom. The van der Waals surface area contributed by atoms with Crippen molar-refractivity contribution in [1.82, 2.24) is 5.32 Å². The highest BCUT2D eigenvalue weighted by Gasteiger charge is 2.36. The van der Waals surface area contributed by atoms with Gasteiger partial charge in [-0.15, -0.1) is 0 Å². The van der Waals surface area contributed by atoms with Crippen LogP contribution >= 0.6 is 23.2 Å². The fraction of sp³-hybridized carbons (Fsp3) is 0.571. The van der Waals surface area contributed by atoms with Gasteiger partial charge in [0.2, 0.25) is 0 Å². The lowest BCUT2D eigenvalue weighted by atomic mass is 9.98. The zero-order valence-corrected chi connectivity index (χ0v) is 12.3. The van der Waals surface area contributed by atoms with Gasteiger partial charge in [-0.3, -0.25) is 0 Å². The second-order valence-electron chi connectivity index (χ2n) is 4.87. The van der Waals surface area contributed by atoms with Crippen LogP contribution in [0.25, 0.3) is 0 Å². The van der Waals surface area contributed by atoms with E-state index in [-0.39, 0.29) is 6.10 Å². The smallest absolute Gasteiger partial charge is 0.0755 e. The van der Waals surface area contributed by atoms with Crippen molar-refractivity contribution in [2.45, 2.75) is 31.4 Å². The maximum Gasteiger partial charge on any atom is 0.0755 e. The van der Waals surface area contributed by atoms with Crippen molar-refractivity contribution in [2.75, 3.05) is 14.2 Å². The molecule has 18 heavy (non-hydrogen) atoms. The number of halogens is 2. The summed E-state index contributed by atoms with van der Waals surface area (Å²) in [6, 6.07) is 5.97. The molecule has 1 saturated carbocycles. The molecule has 0 aliphatic heterocycles. The Kier molecular flexibility index (Phi) is 4.91. The molecule has 1 aromatic rings. The van der Waals surface area contributed by atoms with Crippen LogP contribution in [-0.4, -0.2) is 26.3 Å². The molecule has 2 rings (SSSR count). The highest BCUT2D eigenvalue weighted by atomic mass is 35.5. The average Bonchev–Trinajstić information content (AvgIpc) is 3.16. The largest absolute Gasteiger partial charge is 0.380 e. The summed E-state index contributed by atoms with van der Waals surface area (Å²) < 4.78 is 5.63. The summed E-state index contributed by atoms with van der Waals surface area (Å²) in [7, 11) is 3.76. The minimum atomic E-state index is 0.266. The van der Waals surface area contributed by atoms with E-state index in [9.17, 15) is 0 Å². The molecule has 4 heteroatoms. The summed E-state index contributed by atoms with van der Waals surface area (Å²) in [5.41, 5.74) is 1.11. The van der Waals surface area contributed by atoms with E-state index in [1.54, 1.807) is 13.2 Å². The van der Waals surface area contributed by atoms with Crippen molar-refractivity contribution in [3.63, 3.8) is 0 Å². The van der Waals surface area contributed by atoms with Gasteiger partial charge < -0.3 is 10.1 Å². The molecular weight excluding hydrogens is 269 g/mol. The molecule has 100 valence electrons. The first kappa shape index (κ1) is 14.1. The van der Waals surface area contributed by atoms with Gasteiger partial charge in [0.25, 0.3) is 0 Å². The molecule has 1 aromatic carbocycles. The lowest BCUT2D eigenvalue weighted by molar-refractivity contribution is 0.0534. The zero-order chi connectivity index (χ0) is 13.1. The Hall–Kier alpha value is -0.280. The first-order chi connectivity index (χ1) is 8.65. The molecule has 1 aliphatic carbocycles. The van der Waals surface area contributed by atoms with Crippen LogP contribution in [0, 0.1) is 5.92 Å². The van der Waals surface area contributed by atoms with Gasteiger partial charge in [-0.05, 0) is 49.9 Å². The monoisotopic (exact) mass is 287 g/mol. The number of likely N-dealkylation sites (N-methyl/N-ethyl adjacent to an activating group) is 1. The van der Waals surface area contributed by atoms with Gasteiger partial charge >= 0.3 is 0 Å². The molecule has 1 N–H and O–H groups in total. The Balaban J connectivity index is 2.09. The molecular formula is C14H19Cl2NO. The van der Waals surface area contributed by atoms with Crippen molar-refractivity contribution < 1.29 is 4.74 Å². The van der Waals surface area contributed by atoms with Crippen LogP contribution in [0.4, 0.5) is 0 Å². The number of methoxy groups -OCH3 is 1. The van der Waals surface area contributed by atoms with E-state index in [1.165, 1.54) is 12.8 Å². The number of hydrogen-bond donors (Lipinski definition) is 1. The van der Waals surface area contributed by atoms with Crippen molar-refractivity contribution in [1.29, 1.82) is 0 Å². The highest BCUT2D eigenvalue weighted by Crippen LogP contribution is 2.36. The number of benzene rings is 1. The topological polar surface area (TPSA) is 21.3 Å². The third kappa shape index (κ3) is 3.39. The maximum absolute atomic E-state index is 6.22. The number of nitrogens with one attached hydrogen (secondary N) is 1. The summed E-state index contributed by atoms with van der Waals surface area (Å²) in [4.78, 5) is 0. The van der Waals surface area contributed by atoms with Crippen LogP contribution in [-0.2, 0) is 11.2 Å². The van der Waals surface area contributed by atoms with Gasteiger partial charge in [-0.2, -0.15) is 0 Å². The van der Waals surface area contributed by atoms with Crippen molar-refractivity contribution in [3.8, 4) is 0 Å². The summed E-state index contributed by atoms with van der Waals surface area (Å²) in [5.74, 6) is 0.693. The first-order valence-electron chi connectivity index (χ1n) is 6.29. The molecule has 0 radical (unpaired) electrons. The molecule has 0 aromatic heterocycles. The van der Waals surface area contributed by atoms with Crippen molar-refractivity contribution >= 4 is 23.2 Å². The standard InChI is InChI=1S/C14H19Cl2NO/c1-17-13(14(18-2)9-3-4-9)7-10-5-6-11(15)8-12(10)16/h5-6,8-9,13-14,17H,3-4,7H2,1-2H3. The predicted octanol–water partition coefficient (Wildman–Crippen LogP) is 3.55. The number of rotatable bonds is 6. The van der Waals surface area contributed by atoms with E-state index in [4.69, 9.17) is 27.9 Å². The fourth-order valence-corrected chi connectivity index (χ4v) is 2.90. The SMILES string of the molecule is CNC(Cc1ccc(Cl)cc1Cl)C(OC)C1CC1. The molecule has 1 aliphatic rings. The summed E-state index contributed by atoms with van der Waals surface area (Å²) in [5, 5.41) is 4.75. The Morgan fingerprint density at radius 1 is 1.39 bits per heavy atom. The minimum Gasteiger partial charge on any atom is -0.380 e. The van der Waals surface area contributed by atoms with E-state index in [1.807, 2.05) is 19.2 Å². The van der Waals surface area contributed by atoms with Crippen LogP contribution in [0.2, 0.25) is 10.0 Å². The van der Waals surface area contributed by atoms with Gasteiger partial charge in [0, 0.05) is 23.2 Å². The number of ether oxygens (including phenoxy) is 1. The van der Waals surface area contributed by atoms with Crippen LogP contribution in [0.15, 0.2) is 18.2 Å². The van der Waals surface area contributed by atoms with Crippen molar-refractivity contribution in [2.24, 2.45) is 5.92 Å². The molecule has 0 heterocycles.